The summed E-state index contributed by atoms with van der Waals surface area (Å²) >= 11 is 0. The van der Waals surface area contributed by atoms with Crippen LogP contribution < -0.4 is 14.8 Å². The number of phenols is 1. The molecule has 0 aliphatic heterocycles. The van der Waals surface area contributed by atoms with Crippen molar-refractivity contribution in [2.24, 2.45) is 0 Å². The van der Waals surface area contributed by atoms with Crippen LogP contribution >= 0.6 is 0 Å². The predicted octanol–water partition coefficient (Wildman–Crippen LogP) is 2.90. The van der Waals surface area contributed by atoms with Crippen molar-refractivity contribution < 1.29 is 19.4 Å². The minimum atomic E-state index is -0.390. The van der Waals surface area contributed by atoms with Crippen LogP contribution in [-0.2, 0) is 0 Å². The number of ether oxygens (including phenoxy) is 2. The molecule has 0 bridgehead atoms. The maximum atomic E-state index is 12.4. The Bertz CT molecular complexity index is 652. The van der Waals surface area contributed by atoms with E-state index in [2.05, 4.69) is 5.32 Å². The van der Waals surface area contributed by atoms with Gasteiger partial charge in [0.1, 0.15) is 22.8 Å². The second-order valence-electron chi connectivity index (χ2n) is 4.82. The SMILES string of the molecule is COc1ccc(C(C)NC(=O)c2c(O)cccc2OC)cc1. The number of nitrogens with one attached hydrogen (secondary N) is 1. The molecule has 0 aromatic heterocycles. The van der Waals surface area contributed by atoms with Gasteiger partial charge >= 0.3 is 0 Å². The molecule has 5 nitrogen and oxygen atoms in total. The Morgan fingerprint density at radius 2 is 1.77 bits per heavy atom. The van der Waals surface area contributed by atoms with Crippen LogP contribution in [0, 0.1) is 0 Å². The van der Waals surface area contributed by atoms with E-state index in [1.54, 1.807) is 19.2 Å². The number of methoxy groups -OCH3 is 2. The molecular formula is C17H19NO4. The normalized spacial score (nSPS) is 11.6. The van der Waals surface area contributed by atoms with Crippen molar-refractivity contribution in [3.05, 3.63) is 53.6 Å². The van der Waals surface area contributed by atoms with Crippen molar-refractivity contribution in [3.8, 4) is 17.2 Å². The summed E-state index contributed by atoms with van der Waals surface area (Å²) in [6, 6.07) is 11.9. The van der Waals surface area contributed by atoms with Gasteiger partial charge in [0.2, 0.25) is 0 Å². The average molecular weight is 301 g/mol. The average Bonchev–Trinajstić information content (AvgIpc) is 2.54. The number of carbonyl (C=O) groups excluding carboxylic acids is 1. The molecule has 1 amide bonds. The zero-order valence-corrected chi connectivity index (χ0v) is 12.8. The van der Waals surface area contributed by atoms with Crippen LogP contribution in [0.1, 0.15) is 28.9 Å². The maximum absolute atomic E-state index is 12.4. The summed E-state index contributed by atoms with van der Waals surface area (Å²) in [4.78, 5) is 12.4. The largest absolute Gasteiger partial charge is 0.507 e. The molecular weight excluding hydrogens is 282 g/mol. The number of amides is 1. The second kappa shape index (κ2) is 6.85. The summed E-state index contributed by atoms with van der Waals surface area (Å²) in [5, 5.41) is 12.7. The van der Waals surface area contributed by atoms with E-state index >= 15 is 0 Å². The van der Waals surface area contributed by atoms with Gasteiger partial charge in [0, 0.05) is 0 Å². The molecule has 0 saturated carbocycles. The predicted molar refractivity (Wildman–Crippen MR) is 83.5 cm³/mol. The Morgan fingerprint density at radius 3 is 2.36 bits per heavy atom. The minimum Gasteiger partial charge on any atom is -0.507 e. The summed E-state index contributed by atoms with van der Waals surface area (Å²) in [5.74, 6) is 0.584. The third-order valence-corrected chi connectivity index (χ3v) is 3.41. The van der Waals surface area contributed by atoms with Gasteiger partial charge in [-0.25, -0.2) is 0 Å². The molecule has 0 spiro atoms. The van der Waals surface area contributed by atoms with Crippen molar-refractivity contribution in [2.75, 3.05) is 14.2 Å². The molecule has 1 atom stereocenters. The van der Waals surface area contributed by atoms with Gasteiger partial charge in [0.25, 0.3) is 5.91 Å². The van der Waals surface area contributed by atoms with E-state index in [0.717, 1.165) is 11.3 Å². The molecule has 0 saturated heterocycles. The molecule has 5 heteroatoms. The van der Waals surface area contributed by atoms with Gasteiger partial charge in [-0.15, -0.1) is 0 Å². The van der Waals surface area contributed by atoms with E-state index in [0.29, 0.717) is 5.75 Å². The van der Waals surface area contributed by atoms with Crippen LogP contribution in [0.15, 0.2) is 42.5 Å². The third kappa shape index (κ3) is 3.31. The third-order valence-electron chi connectivity index (χ3n) is 3.41. The quantitative estimate of drug-likeness (QED) is 0.891. The zero-order chi connectivity index (χ0) is 16.1. The van der Waals surface area contributed by atoms with Gasteiger partial charge in [-0.2, -0.15) is 0 Å². The molecule has 2 aromatic rings. The number of benzene rings is 2. The Hall–Kier alpha value is -2.69. The molecule has 2 aromatic carbocycles. The first-order valence-electron chi connectivity index (χ1n) is 6.87. The number of hydrogen-bond acceptors (Lipinski definition) is 4. The van der Waals surface area contributed by atoms with Crippen LogP contribution in [0.5, 0.6) is 17.2 Å². The monoisotopic (exact) mass is 301 g/mol. The van der Waals surface area contributed by atoms with Gasteiger partial charge in [-0.05, 0) is 36.8 Å². The van der Waals surface area contributed by atoms with Gasteiger partial charge < -0.3 is 19.9 Å². The molecule has 22 heavy (non-hydrogen) atoms. The number of carbonyl (C=O) groups is 1. The smallest absolute Gasteiger partial charge is 0.259 e. The highest BCUT2D eigenvalue weighted by molar-refractivity contribution is 5.99. The zero-order valence-electron chi connectivity index (χ0n) is 12.8. The molecule has 0 aliphatic rings. The lowest BCUT2D eigenvalue weighted by atomic mass is 10.1. The first-order valence-corrected chi connectivity index (χ1v) is 6.87. The van der Waals surface area contributed by atoms with E-state index in [9.17, 15) is 9.90 Å². The summed E-state index contributed by atoms with van der Waals surface area (Å²) in [5.41, 5.74) is 1.06. The summed E-state index contributed by atoms with van der Waals surface area (Å²) in [6.07, 6.45) is 0. The van der Waals surface area contributed by atoms with E-state index in [4.69, 9.17) is 9.47 Å². The Labute approximate surface area is 129 Å². The van der Waals surface area contributed by atoms with Gasteiger partial charge in [0.05, 0.1) is 20.3 Å². The van der Waals surface area contributed by atoms with Gasteiger partial charge in [0.15, 0.2) is 0 Å². The number of hydrogen-bond donors (Lipinski definition) is 2. The first kappa shape index (κ1) is 15.7. The topological polar surface area (TPSA) is 67.8 Å². The summed E-state index contributed by atoms with van der Waals surface area (Å²) < 4.78 is 10.2. The first-order chi connectivity index (χ1) is 10.6. The van der Waals surface area contributed by atoms with Crippen LogP contribution in [0.4, 0.5) is 0 Å². The van der Waals surface area contributed by atoms with Crippen molar-refractivity contribution >= 4 is 5.91 Å². The molecule has 0 heterocycles. The van der Waals surface area contributed by atoms with Crippen molar-refractivity contribution in [1.82, 2.24) is 5.32 Å². The summed E-state index contributed by atoms with van der Waals surface area (Å²) in [7, 11) is 3.06. The minimum absolute atomic E-state index is 0.112. The molecule has 0 radical (unpaired) electrons. The van der Waals surface area contributed by atoms with Crippen LogP contribution in [0.2, 0.25) is 0 Å². The lowest BCUT2D eigenvalue weighted by Gasteiger charge is -2.16. The van der Waals surface area contributed by atoms with Gasteiger partial charge in [-0.3, -0.25) is 4.79 Å². The van der Waals surface area contributed by atoms with E-state index in [-0.39, 0.29) is 17.4 Å². The van der Waals surface area contributed by atoms with Crippen molar-refractivity contribution in [2.45, 2.75) is 13.0 Å². The molecule has 2 N–H and O–H groups in total. The highest BCUT2D eigenvalue weighted by atomic mass is 16.5. The fraction of sp³-hybridized carbons (Fsp3) is 0.235. The fourth-order valence-electron chi connectivity index (χ4n) is 2.16. The Morgan fingerprint density at radius 1 is 1.09 bits per heavy atom. The van der Waals surface area contributed by atoms with Crippen LogP contribution in [-0.4, -0.2) is 25.2 Å². The van der Waals surface area contributed by atoms with Crippen molar-refractivity contribution in [1.29, 1.82) is 0 Å². The van der Waals surface area contributed by atoms with E-state index in [1.165, 1.54) is 13.2 Å². The standard InChI is InChI=1S/C17H19NO4/c1-11(12-7-9-13(21-2)10-8-12)18-17(20)16-14(19)5-4-6-15(16)22-3/h4-11,19H,1-3H3,(H,18,20). The lowest BCUT2D eigenvalue weighted by Crippen LogP contribution is -2.27. The van der Waals surface area contributed by atoms with Crippen LogP contribution in [0.3, 0.4) is 0 Å². The number of aromatic hydroxyl groups is 1. The van der Waals surface area contributed by atoms with E-state index < -0.39 is 5.91 Å². The number of phenolic OH excluding ortho intramolecular Hbond substituents is 1. The van der Waals surface area contributed by atoms with E-state index in [1.807, 2.05) is 31.2 Å². The number of rotatable bonds is 5. The second-order valence-corrected chi connectivity index (χ2v) is 4.82. The molecule has 0 aliphatic carbocycles. The summed E-state index contributed by atoms with van der Waals surface area (Å²) in [6.45, 7) is 1.87. The molecule has 1 unspecified atom stereocenters. The highest BCUT2D eigenvalue weighted by Crippen LogP contribution is 2.28. The molecule has 116 valence electrons. The van der Waals surface area contributed by atoms with Crippen LogP contribution in [0.25, 0.3) is 0 Å². The maximum Gasteiger partial charge on any atom is 0.259 e. The van der Waals surface area contributed by atoms with Crippen molar-refractivity contribution in [3.63, 3.8) is 0 Å². The Balaban J connectivity index is 2.17. The molecule has 0 fully saturated rings. The molecule has 2 rings (SSSR count). The fourth-order valence-corrected chi connectivity index (χ4v) is 2.16. The van der Waals surface area contributed by atoms with Gasteiger partial charge in [-0.1, -0.05) is 18.2 Å². The lowest BCUT2D eigenvalue weighted by molar-refractivity contribution is 0.0934. The highest BCUT2D eigenvalue weighted by Gasteiger charge is 2.19. The Kier molecular flexibility index (Phi) is 4.88.